The maximum Gasteiger partial charge on any atom is 0.325 e. The number of anilines is 1. The lowest BCUT2D eigenvalue weighted by molar-refractivity contribution is -0.133. The van der Waals surface area contributed by atoms with E-state index in [0.717, 1.165) is 17.0 Å². The number of nitrogens with zero attached hydrogens (tertiary/aromatic N) is 1. The van der Waals surface area contributed by atoms with Gasteiger partial charge in [-0.25, -0.2) is 13.6 Å². The fourth-order valence-electron chi connectivity index (χ4n) is 2.86. The van der Waals surface area contributed by atoms with Crippen LogP contribution in [0.2, 0.25) is 0 Å². The Labute approximate surface area is 161 Å². The summed E-state index contributed by atoms with van der Waals surface area (Å²) in [5.74, 6) is -3.09. The van der Waals surface area contributed by atoms with Crippen molar-refractivity contribution in [1.82, 2.24) is 10.2 Å². The summed E-state index contributed by atoms with van der Waals surface area (Å²) in [5, 5.41) is 4.85. The van der Waals surface area contributed by atoms with Gasteiger partial charge in [-0.1, -0.05) is 34.1 Å². The second kappa shape index (κ2) is 7.07. The first-order chi connectivity index (χ1) is 12.7. The molecule has 2 N–H and O–H groups in total. The first-order valence-electron chi connectivity index (χ1n) is 7.86. The number of amides is 4. The van der Waals surface area contributed by atoms with Crippen molar-refractivity contribution in [3.63, 3.8) is 0 Å². The maximum absolute atomic E-state index is 13.2. The molecule has 2 aromatic carbocycles. The Kier molecular flexibility index (Phi) is 4.97. The number of imide groups is 1. The zero-order valence-electron chi connectivity index (χ0n) is 14.1. The molecule has 1 atom stereocenters. The Morgan fingerprint density at radius 1 is 1.19 bits per heavy atom. The van der Waals surface area contributed by atoms with Crippen LogP contribution in [0.5, 0.6) is 0 Å². The van der Waals surface area contributed by atoms with Gasteiger partial charge in [-0.3, -0.25) is 14.5 Å². The van der Waals surface area contributed by atoms with E-state index in [9.17, 15) is 23.2 Å². The maximum atomic E-state index is 13.2. The summed E-state index contributed by atoms with van der Waals surface area (Å²) in [7, 11) is 0. The molecule has 0 bridgehead atoms. The minimum atomic E-state index is -1.34. The molecule has 27 heavy (non-hydrogen) atoms. The van der Waals surface area contributed by atoms with Crippen LogP contribution in [0.1, 0.15) is 12.5 Å². The highest BCUT2D eigenvalue weighted by Crippen LogP contribution is 2.33. The molecule has 1 unspecified atom stereocenters. The van der Waals surface area contributed by atoms with Crippen molar-refractivity contribution in [2.75, 3.05) is 11.9 Å². The minimum Gasteiger partial charge on any atom is -0.324 e. The van der Waals surface area contributed by atoms with Crippen molar-refractivity contribution in [1.29, 1.82) is 0 Å². The molecule has 3 rings (SSSR count). The predicted molar refractivity (Wildman–Crippen MR) is 96.7 cm³/mol. The highest BCUT2D eigenvalue weighted by molar-refractivity contribution is 9.10. The van der Waals surface area contributed by atoms with Gasteiger partial charge in [-0.05, 0) is 25.1 Å². The van der Waals surface area contributed by atoms with Gasteiger partial charge in [0, 0.05) is 21.8 Å². The van der Waals surface area contributed by atoms with Crippen LogP contribution in [0.25, 0.3) is 0 Å². The lowest BCUT2D eigenvalue weighted by Crippen LogP contribution is -2.42. The Balaban J connectivity index is 1.77. The molecule has 9 heteroatoms. The topological polar surface area (TPSA) is 78.5 Å². The largest absolute Gasteiger partial charge is 0.325 e. The molecule has 1 aliphatic rings. The number of hydrogen-bond donors (Lipinski definition) is 2. The van der Waals surface area contributed by atoms with E-state index in [2.05, 4.69) is 26.6 Å². The van der Waals surface area contributed by atoms with Crippen molar-refractivity contribution in [2.45, 2.75) is 12.5 Å². The normalized spacial score (nSPS) is 19.2. The number of hydrogen-bond acceptors (Lipinski definition) is 3. The minimum absolute atomic E-state index is 0.113. The molecule has 0 aromatic heterocycles. The molecule has 1 saturated heterocycles. The predicted octanol–water partition coefficient (Wildman–Crippen LogP) is 3.13. The SMILES string of the molecule is CC1(c2ccccc2Br)NC(=O)N(CC(=O)Nc2cc(F)cc(F)c2)C1=O. The molecule has 1 fully saturated rings. The van der Waals surface area contributed by atoms with Crippen molar-refractivity contribution in [3.05, 3.63) is 64.1 Å². The van der Waals surface area contributed by atoms with E-state index >= 15 is 0 Å². The summed E-state index contributed by atoms with van der Waals surface area (Å²) >= 11 is 3.35. The van der Waals surface area contributed by atoms with Crippen molar-refractivity contribution in [3.8, 4) is 0 Å². The van der Waals surface area contributed by atoms with Crippen LogP contribution in [0.15, 0.2) is 46.9 Å². The van der Waals surface area contributed by atoms with Gasteiger partial charge in [0.05, 0.1) is 0 Å². The lowest BCUT2D eigenvalue weighted by atomic mass is 9.92. The summed E-state index contributed by atoms with van der Waals surface area (Å²) in [6, 6.07) is 8.68. The van der Waals surface area contributed by atoms with Crippen molar-refractivity contribution >= 4 is 39.5 Å². The van der Waals surface area contributed by atoms with Crippen LogP contribution < -0.4 is 10.6 Å². The third-order valence-corrected chi connectivity index (χ3v) is 4.83. The van der Waals surface area contributed by atoms with Crippen LogP contribution in [0.3, 0.4) is 0 Å². The van der Waals surface area contributed by atoms with E-state index in [1.54, 1.807) is 24.3 Å². The van der Waals surface area contributed by atoms with Gasteiger partial charge in [0.25, 0.3) is 5.91 Å². The second-order valence-corrected chi connectivity index (χ2v) is 6.99. The number of benzene rings is 2. The van der Waals surface area contributed by atoms with Gasteiger partial charge in [0.15, 0.2) is 0 Å². The van der Waals surface area contributed by atoms with Crippen LogP contribution in [-0.2, 0) is 15.1 Å². The van der Waals surface area contributed by atoms with E-state index in [1.165, 1.54) is 6.92 Å². The van der Waals surface area contributed by atoms with Crippen LogP contribution in [0.4, 0.5) is 19.3 Å². The van der Waals surface area contributed by atoms with Crippen LogP contribution >= 0.6 is 15.9 Å². The molecule has 0 radical (unpaired) electrons. The van der Waals surface area contributed by atoms with Gasteiger partial charge in [-0.15, -0.1) is 0 Å². The highest BCUT2D eigenvalue weighted by atomic mass is 79.9. The van der Waals surface area contributed by atoms with Crippen molar-refractivity contribution in [2.24, 2.45) is 0 Å². The van der Waals surface area contributed by atoms with E-state index < -0.39 is 41.6 Å². The Morgan fingerprint density at radius 3 is 2.44 bits per heavy atom. The zero-order valence-corrected chi connectivity index (χ0v) is 15.6. The van der Waals surface area contributed by atoms with Crippen LogP contribution in [0, 0.1) is 11.6 Å². The fourth-order valence-corrected chi connectivity index (χ4v) is 3.54. The fraction of sp³-hybridized carbons (Fsp3) is 0.167. The van der Waals surface area contributed by atoms with Gasteiger partial charge in [0.2, 0.25) is 5.91 Å². The molecule has 1 heterocycles. The van der Waals surface area contributed by atoms with E-state index in [1.807, 2.05) is 0 Å². The van der Waals surface area contributed by atoms with Crippen LogP contribution in [-0.4, -0.2) is 29.3 Å². The average Bonchev–Trinajstić information content (AvgIpc) is 2.78. The zero-order chi connectivity index (χ0) is 19.8. The number of halogens is 3. The Hall–Kier alpha value is -2.81. The average molecular weight is 438 g/mol. The molecule has 0 saturated carbocycles. The summed E-state index contributed by atoms with van der Waals surface area (Å²) in [4.78, 5) is 38.0. The second-order valence-electron chi connectivity index (χ2n) is 6.13. The summed E-state index contributed by atoms with van der Waals surface area (Å²) in [5.41, 5.74) is -0.917. The third-order valence-electron chi connectivity index (χ3n) is 4.14. The molecule has 0 aliphatic carbocycles. The molecule has 6 nitrogen and oxygen atoms in total. The lowest BCUT2D eigenvalue weighted by Gasteiger charge is -2.23. The number of urea groups is 1. The molecule has 140 valence electrons. The molecule has 2 aromatic rings. The van der Waals surface area contributed by atoms with Gasteiger partial charge in [0.1, 0.15) is 23.7 Å². The molecular formula is C18H14BrF2N3O3. The first kappa shape index (κ1) is 19.0. The number of carbonyl (C=O) groups is 3. The van der Waals surface area contributed by atoms with Crippen molar-refractivity contribution < 1.29 is 23.2 Å². The van der Waals surface area contributed by atoms with Gasteiger partial charge >= 0.3 is 6.03 Å². The van der Waals surface area contributed by atoms with Gasteiger partial charge < -0.3 is 10.6 Å². The third kappa shape index (κ3) is 3.68. The monoisotopic (exact) mass is 437 g/mol. The molecule has 0 spiro atoms. The smallest absolute Gasteiger partial charge is 0.324 e. The molecular weight excluding hydrogens is 424 g/mol. The summed E-state index contributed by atoms with van der Waals surface area (Å²) in [6.07, 6.45) is 0. The highest BCUT2D eigenvalue weighted by Gasteiger charge is 2.50. The molecule has 1 aliphatic heterocycles. The quantitative estimate of drug-likeness (QED) is 0.721. The molecule has 4 amide bonds. The Morgan fingerprint density at radius 2 is 1.81 bits per heavy atom. The van der Waals surface area contributed by atoms with E-state index in [0.29, 0.717) is 16.1 Å². The number of carbonyl (C=O) groups excluding carboxylic acids is 3. The number of nitrogens with one attached hydrogen (secondary N) is 2. The van der Waals surface area contributed by atoms with E-state index in [4.69, 9.17) is 0 Å². The Bertz CT molecular complexity index is 933. The summed E-state index contributed by atoms with van der Waals surface area (Å²) in [6.45, 7) is 0.940. The number of rotatable bonds is 4. The summed E-state index contributed by atoms with van der Waals surface area (Å²) < 4.78 is 27.0. The van der Waals surface area contributed by atoms with Gasteiger partial charge in [-0.2, -0.15) is 0 Å². The van der Waals surface area contributed by atoms with E-state index in [-0.39, 0.29) is 5.69 Å². The first-order valence-corrected chi connectivity index (χ1v) is 8.65. The standard InChI is InChI=1S/C18H14BrF2N3O3/c1-18(13-4-2-3-5-14(13)19)16(26)24(17(27)23-18)9-15(25)22-12-7-10(20)6-11(21)8-12/h2-8H,9H2,1H3,(H,22,25)(H,23,27).